The second-order valence-electron chi connectivity index (χ2n) is 5.22. The van der Waals surface area contributed by atoms with Crippen molar-refractivity contribution in [2.45, 2.75) is 20.0 Å². The lowest BCUT2D eigenvalue weighted by molar-refractivity contribution is -0.137. The average molecular weight is 273 g/mol. The van der Waals surface area contributed by atoms with E-state index in [1.165, 1.54) is 18.0 Å². The van der Waals surface area contributed by atoms with E-state index in [1.807, 2.05) is 0 Å². The van der Waals surface area contributed by atoms with Crippen LogP contribution in [0.15, 0.2) is 18.2 Å². The van der Waals surface area contributed by atoms with Crippen molar-refractivity contribution in [3.63, 3.8) is 0 Å². The topological polar surface area (TPSA) is 29.5 Å². The third-order valence-corrected chi connectivity index (χ3v) is 3.12. The summed E-state index contributed by atoms with van der Waals surface area (Å²) in [5, 5.41) is 0. The fourth-order valence-corrected chi connectivity index (χ4v) is 1.96. The smallest absolute Gasteiger partial charge is 0.416 e. The summed E-state index contributed by atoms with van der Waals surface area (Å²) in [5.41, 5.74) is -1.42. The van der Waals surface area contributed by atoms with Crippen molar-refractivity contribution in [2.24, 2.45) is 5.41 Å². The number of hydrogen-bond acceptors (Lipinski definition) is 2. The number of rotatable bonds is 0. The third kappa shape index (κ3) is 2.39. The Labute approximate surface area is 109 Å². The van der Waals surface area contributed by atoms with Gasteiger partial charge in [-0.05, 0) is 32.0 Å². The molecule has 1 heterocycles. The van der Waals surface area contributed by atoms with Crippen molar-refractivity contribution in [1.29, 1.82) is 0 Å². The summed E-state index contributed by atoms with van der Waals surface area (Å²) in [5.74, 6) is 0.0139. The molecule has 0 saturated heterocycles. The van der Waals surface area contributed by atoms with E-state index in [1.54, 1.807) is 13.8 Å². The maximum Gasteiger partial charge on any atom is 0.416 e. The number of benzene rings is 1. The first-order valence-corrected chi connectivity index (χ1v) is 5.75. The molecule has 0 N–H and O–H groups in total. The maximum atomic E-state index is 12.7. The van der Waals surface area contributed by atoms with Crippen molar-refractivity contribution in [3.8, 4) is 5.75 Å². The van der Waals surface area contributed by atoms with E-state index in [0.29, 0.717) is 0 Å². The SMILES string of the molecule is CN1C(=O)C(C)(C)COc2ccc(C(F)(F)F)cc21. The van der Waals surface area contributed by atoms with Crippen LogP contribution in [0.3, 0.4) is 0 Å². The molecule has 6 heteroatoms. The van der Waals surface area contributed by atoms with Crippen LogP contribution < -0.4 is 9.64 Å². The minimum atomic E-state index is -4.44. The molecule has 1 aliphatic heterocycles. The molecule has 0 radical (unpaired) electrons. The largest absolute Gasteiger partial charge is 0.490 e. The third-order valence-electron chi connectivity index (χ3n) is 3.12. The van der Waals surface area contributed by atoms with Gasteiger partial charge in [-0.25, -0.2) is 0 Å². The van der Waals surface area contributed by atoms with E-state index in [2.05, 4.69) is 0 Å². The van der Waals surface area contributed by atoms with Crippen LogP contribution >= 0.6 is 0 Å². The summed E-state index contributed by atoms with van der Waals surface area (Å²) < 4.78 is 43.5. The number of fused-ring (bicyclic) bond motifs is 1. The molecule has 2 rings (SSSR count). The molecule has 19 heavy (non-hydrogen) atoms. The van der Waals surface area contributed by atoms with E-state index >= 15 is 0 Å². The molecule has 1 aromatic rings. The van der Waals surface area contributed by atoms with Crippen molar-refractivity contribution in [2.75, 3.05) is 18.6 Å². The van der Waals surface area contributed by atoms with E-state index in [-0.39, 0.29) is 24.0 Å². The van der Waals surface area contributed by atoms with Crippen LogP contribution in [0.4, 0.5) is 18.9 Å². The zero-order chi connectivity index (χ0) is 14.4. The molecule has 1 amide bonds. The highest BCUT2D eigenvalue weighted by Crippen LogP contribution is 2.39. The van der Waals surface area contributed by atoms with E-state index < -0.39 is 17.2 Å². The standard InChI is InChI=1S/C13H14F3NO2/c1-12(2)7-19-10-5-4-8(13(14,15)16)6-9(10)17(3)11(12)18/h4-6H,7H2,1-3H3. The Morgan fingerprint density at radius 1 is 1.32 bits per heavy atom. The van der Waals surface area contributed by atoms with Crippen molar-refractivity contribution < 1.29 is 22.7 Å². The van der Waals surface area contributed by atoms with Crippen LogP contribution in [-0.2, 0) is 11.0 Å². The predicted octanol–water partition coefficient (Wildman–Crippen LogP) is 3.09. The van der Waals surface area contributed by atoms with E-state index in [0.717, 1.165) is 12.1 Å². The molecule has 0 saturated carbocycles. The van der Waals surface area contributed by atoms with Gasteiger partial charge in [0.15, 0.2) is 0 Å². The summed E-state index contributed by atoms with van der Waals surface area (Å²) in [6, 6.07) is 3.15. The molecule has 0 spiro atoms. The van der Waals surface area contributed by atoms with Crippen LogP contribution in [-0.4, -0.2) is 19.6 Å². The molecule has 0 fully saturated rings. The van der Waals surface area contributed by atoms with Crippen LogP contribution in [0.25, 0.3) is 0 Å². The molecule has 0 unspecified atom stereocenters. The second-order valence-corrected chi connectivity index (χ2v) is 5.22. The molecule has 0 aliphatic carbocycles. The Hall–Kier alpha value is -1.72. The van der Waals surface area contributed by atoms with Gasteiger partial charge < -0.3 is 9.64 Å². The minimum Gasteiger partial charge on any atom is -0.490 e. The first-order valence-electron chi connectivity index (χ1n) is 5.75. The predicted molar refractivity (Wildman–Crippen MR) is 64.1 cm³/mol. The highest BCUT2D eigenvalue weighted by molar-refractivity contribution is 5.98. The Kier molecular flexibility index (Phi) is 2.99. The molecule has 104 valence electrons. The molecule has 1 aromatic carbocycles. The van der Waals surface area contributed by atoms with Gasteiger partial charge in [-0.3, -0.25) is 4.79 Å². The van der Waals surface area contributed by atoms with Crippen LogP contribution in [0.5, 0.6) is 5.75 Å². The molecule has 1 aliphatic rings. The minimum absolute atomic E-state index is 0.133. The van der Waals surface area contributed by atoms with E-state index in [9.17, 15) is 18.0 Å². The number of halogens is 3. The van der Waals surface area contributed by atoms with Gasteiger partial charge in [-0.2, -0.15) is 13.2 Å². The summed E-state index contributed by atoms with van der Waals surface area (Å²) in [4.78, 5) is 13.4. The Balaban J connectivity index is 2.52. The Bertz CT molecular complexity index is 523. The van der Waals surface area contributed by atoms with Crippen molar-refractivity contribution in [1.82, 2.24) is 0 Å². The van der Waals surface area contributed by atoms with Gasteiger partial charge >= 0.3 is 6.18 Å². The van der Waals surface area contributed by atoms with Gasteiger partial charge in [0.25, 0.3) is 0 Å². The number of anilines is 1. The van der Waals surface area contributed by atoms with Crippen LogP contribution in [0.1, 0.15) is 19.4 Å². The summed E-state index contributed by atoms with van der Waals surface area (Å²) in [7, 11) is 1.46. The maximum absolute atomic E-state index is 12.7. The fourth-order valence-electron chi connectivity index (χ4n) is 1.96. The van der Waals surface area contributed by atoms with Crippen molar-refractivity contribution in [3.05, 3.63) is 23.8 Å². The molecule has 0 bridgehead atoms. The summed E-state index contributed by atoms with van der Waals surface area (Å²) in [6.45, 7) is 3.53. The quantitative estimate of drug-likeness (QED) is 0.727. The Morgan fingerprint density at radius 2 is 1.95 bits per heavy atom. The Morgan fingerprint density at radius 3 is 2.53 bits per heavy atom. The molecule has 0 atom stereocenters. The number of ether oxygens (including phenoxy) is 1. The van der Waals surface area contributed by atoms with Gasteiger partial charge in [0.05, 0.1) is 16.7 Å². The van der Waals surface area contributed by atoms with Gasteiger partial charge in [0.1, 0.15) is 12.4 Å². The second kappa shape index (κ2) is 4.15. The number of amides is 1. The number of carbonyl (C=O) groups is 1. The first kappa shape index (κ1) is 13.7. The van der Waals surface area contributed by atoms with Gasteiger partial charge in [-0.15, -0.1) is 0 Å². The van der Waals surface area contributed by atoms with Gasteiger partial charge in [0, 0.05) is 7.05 Å². The number of nitrogens with zero attached hydrogens (tertiary/aromatic N) is 1. The zero-order valence-electron chi connectivity index (χ0n) is 10.8. The van der Waals surface area contributed by atoms with Crippen LogP contribution in [0, 0.1) is 5.41 Å². The first-order chi connectivity index (χ1) is 8.63. The summed E-state index contributed by atoms with van der Waals surface area (Å²) in [6.07, 6.45) is -4.44. The lowest BCUT2D eigenvalue weighted by Crippen LogP contribution is -2.39. The fraction of sp³-hybridized carbons (Fsp3) is 0.462. The molecule has 0 aromatic heterocycles. The van der Waals surface area contributed by atoms with Gasteiger partial charge in [0.2, 0.25) is 5.91 Å². The number of alkyl halides is 3. The molecule has 3 nitrogen and oxygen atoms in total. The van der Waals surface area contributed by atoms with E-state index in [4.69, 9.17) is 4.74 Å². The lowest BCUT2D eigenvalue weighted by atomic mass is 9.93. The molecular formula is C13H14F3NO2. The zero-order valence-corrected chi connectivity index (χ0v) is 10.8. The monoisotopic (exact) mass is 273 g/mol. The normalized spacial score (nSPS) is 18.6. The highest BCUT2D eigenvalue weighted by atomic mass is 19.4. The molecular weight excluding hydrogens is 259 g/mol. The van der Waals surface area contributed by atoms with Crippen LogP contribution in [0.2, 0.25) is 0 Å². The lowest BCUT2D eigenvalue weighted by Gasteiger charge is -2.24. The number of hydrogen-bond donors (Lipinski definition) is 0. The number of carbonyl (C=O) groups excluding carboxylic acids is 1. The summed E-state index contributed by atoms with van der Waals surface area (Å²) >= 11 is 0. The van der Waals surface area contributed by atoms with Crippen molar-refractivity contribution >= 4 is 11.6 Å². The van der Waals surface area contributed by atoms with Gasteiger partial charge in [-0.1, -0.05) is 0 Å². The highest BCUT2D eigenvalue weighted by Gasteiger charge is 2.38. The average Bonchev–Trinajstić information content (AvgIpc) is 2.40.